The van der Waals surface area contributed by atoms with Gasteiger partial charge in [0.1, 0.15) is 0 Å². The van der Waals surface area contributed by atoms with Crippen molar-refractivity contribution in [2.75, 3.05) is 5.01 Å². The van der Waals surface area contributed by atoms with Gasteiger partial charge in [-0.05, 0) is 17.7 Å². The average Bonchev–Trinajstić information content (AvgIpc) is 2.90. The van der Waals surface area contributed by atoms with Gasteiger partial charge in [0.05, 0.1) is 11.7 Å². The summed E-state index contributed by atoms with van der Waals surface area (Å²) in [6, 6.07) is 21.2. The molecular weight excluding hydrogens is 208 g/mol. The molecule has 0 radical (unpaired) electrons. The highest BCUT2D eigenvalue weighted by atomic mass is 15.5. The molecule has 0 spiro atoms. The molecule has 1 unspecified atom stereocenters. The van der Waals surface area contributed by atoms with Crippen LogP contribution in [-0.2, 0) is 0 Å². The van der Waals surface area contributed by atoms with Gasteiger partial charge in [0.25, 0.3) is 0 Å². The summed E-state index contributed by atoms with van der Waals surface area (Å²) in [6.45, 7) is 0. The molecule has 1 heterocycles. The molecule has 1 aliphatic heterocycles. The van der Waals surface area contributed by atoms with Crippen LogP contribution in [0, 0.1) is 0 Å². The summed E-state index contributed by atoms with van der Waals surface area (Å²) in [5, 5.41) is 6.56. The van der Waals surface area contributed by atoms with E-state index in [2.05, 4.69) is 46.5 Å². The Morgan fingerprint density at radius 1 is 0.882 bits per heavy atom. The molecule has 17 heavy (non-hydrogen) atoms. The highest BCUT2D eigenvalue weighted by Gasteiger charge is 2.23. The first-order chi connectivity index (χ1) is 8.45. The number of para-hydroxylation sites is 1. The van der Waals surface area contributed by atoms with E-state index in [-0.39, 0.29) is 0 Å². The first-order valence-electron chi connectivity index (χ1n) is 5.87. The van der Waals surface area contributed by atoms with Gasteiger partial charge in [0.2, 0.25) is 0 Å². The second kappa shape index (κ2) is 4.42. The van der Waals surface area contributed by atoms with Crippen LogP contribution < -0.4 is 5.01 Å². The third-order valence-corrected chi connectivity index (χ3v) is 3.04. The third-order valence-electron chi connectivity index (χ3n) is 3.04. The van der Waals surface area contributed by atoms with Crippen LogP contribution in [0.3, 0.4) is 0 Å². The minimum Gasteiger partial charge on any atom is -0.258 e. The zero-order valence-corrected chi connectivity index (χ0v) is 9.53. The SMILES string of the molecule is C1=NN(c2ccccc2)C(c2ccccc2)C1. The van der Waals surface area contributed by atoms with E-state index >= 15 is 0 Å². The molecule has 0 fully saturated rings. The smallest absolute Gasteiger partial charge is 0.0825 e. The van der Waals surface area contributed by atoms with Crippen molar-refractivity contribution in [2.45, 2.75) is 12.5 Å². The Hall–Kier alpha value is -2.09. The normalized spacial score (nSPS) is 18.6. The Bertz CT molecular complexity index is 505. The zero-order chi connectivity index (χ0) is 11.5. The lowest BCUT2D eigenvalue weighted by atomic mass is 10.0. The standard InChI is InChI=1S/C15H14N2/c1-3-7-13(8-4-1)15-11-12-16-17(15)14-9-5-2-6-10-14/h1-10,12,15H,11H2. The summed E-state index contributed by atoms with van der Waals surface area (Å²) in [7, 11) is 0. The van der Waals surface area contributed by atoms with Gasteiger partial charge < -0.3 is 0 Å². The van der Waals surface area contributed by atoms with Crippen molar-refractivity contribution in [3.63, 3.8) is 0 Å². The minimum absolute atomic E-state index is 0.332. The first-order valence-corrected chi connectivity index (χ1v) is 5.87. The number of nitrogens with zero attached hydrogens (tertiary/aromatic N) is 2. The Kier molecular flexibility index (Phi) is 2.62. The van der Waals surface area contributed by atoms with E-state index < -0.39 is 0 Å². The fraction of sp³-hybridized carbons (Fsp3) is 0.133. The van der Waals surface area contributed by atoms with Gasteiger partial charge >= 0.3 is 0 Å². The van der Waals surface area contributed by atoms with Gasteiger partial charge in [-0.2, -0.15) is 5.10 Å². The van der Waals surface area contributed by atoms with Crippen molar-refractivity contribution in [1.82, 2.24) is 0 Å². The average molecular weight is 222 g/mol. The van der Waals surface area contributed by atoms with Crippen LogP contribution in [0.15, 0.2) is 65.8 Å². The Labute approximate surface area is 101 Å². The number of rotatable bonds is 2. The summed E-state index contributed by atoms with van der Waals surface area (Å²) in [4.78, 5) is 0. The van der Waals surface area contributed by atoms with Crippen molar-refractivity contribution >= 4 is 11.9 Å². The highest BCUT2D eigenvalue weighted by Crippen LogP contribution is 2.32. The number of hydrogen-bond acceptors (Lipinski definition) is 2. The summed E-state index contributed by atoms with van der Waals surface area (Å²) >= 11 is 0. The Morgan fingerprint density at radius 3 is 2.24 bits per heavy atom. The molecule has 1 aliphatic rings. The van der Waals surface area contributed by atoms with Crippen LogP contribution in [0.5, 0.6) is 0 Å². The molecule has 2 heteroatoms. The lowest BCUT2D eigenvalue weighted by Crippen LogP contribution is -2.18. The molecule has 0 amide bonds. The summed E-state index contributed by atoms with van der Waals surface area (Å²) < 4.78 is 0. The van der Waals surface area contributed by atoms with E-state index in [1.807, 2.05) is 30.5 Å². The van der Waals surface area contributed by atoms with Gasteiger partial charge in [-0.3, -0.25) is 5.01 Å². The van der Waals surface area contributed by atoms with E-state index in [4.69, 9.17) is 0 Å². The number of hydrogen-bond donors (Lipinski definition) is 0. The molecule has 0 N–H and O–H groups in total. The predicted molar refractivity (Wildman–Crippen MR) is 71.2 cm³/mol. The van der Waals surface area contributed by atoms with Crippen molar-refractivity contribution < 1.29 is 0 Å². The van der Waals surface area contributed by atoms with E-state index in [0.717, 1.165) is 12.1 Å². The van der Waals surface area contributed by atoms with Gasteiger partial charge in [0, 0.05) is 12.6 Å². The predicted octanol–water partition coefficient (Wildman–Crippen LogP) is 3.62. The molecule has 0 bridgehead atoms. The molecule has 2 aromatic rings. The summed E-state index contributed by atoms with van der Waals surface area (Å²) in [6.07, 6.45) is 2.96. The van der Waals surface area contributed by atoms with Crippen molar-refractivity contribution in [3.05, 3.63) is 66.2 Å². The molecule has 0 aliphatic carbocycles. The molecule has 2 aromatic carbocycles. The minimum atomic E-state index is 0.332. The van der Waals surface area contributed by atoms with Crippen LogP contribution in [0.4, 0.5) is 5.69 Å². The van der Waals surface area contributed by atoms with Crippen LogP contribution in [0.1, 0.15) is 18.0 Å². The fourth-order valence-electron chi connectivity index (χ4n) is 2.20. The summed E-state index contributed by atoms with van der Waals surface area (Å²) in [5.74, 6) is 0. The molecule has 84 valence electrons. The maximum absolute atomic E-state index is 4.47. The van der Waals surface area contributed by atoms with Gasteiger partial charge in [0.15, 0.2) is 0 Å². The monoisotopic (exact) mass is 222 g/mol. The van der Waals surface area contributed by atoms with Crippen LogP contribution in [0.25, 0.3) is 0 Å². The fourth-order valence-corrected chi connectivity index (χ4v) is 2.20. The Balaban J connectivity index is 1.93. The second-order valence-electron chi connectivity index (χ2n) is 4.14. The highest BCUT2D eigenvalue weighted by molar-refractivity contribution is 5.67. The molecule has 0 aromatic heterocycles. The van der Waals surface area contributed by atoms with Gasteiger partial charge in [-0.1, -0.05) is 48.5 Å². The number of benzene rings is 2. The molecule has 1 atom stereocenters. The van der Waals surface area contributed by atoms with E-state index in [1.165, 1.54) is 5.56 Å². The van der Waals surface area contributed by atoms with Gasteiger partial charge in [-0.25, -0.2) is 0 Å². The Morgan fingerprint density at radius 2 is 1.53 bits per heavy atom. The lowest BCUT2D eigenvalue weighted by Gasteiger charge is -2.24. The van der Waals surface area contributed by atoms with Crippen LogP contribution >= 0.6 is 0 Å². The van der Waals surface area contributed by atoms with E-state index in [1.54, 1.807) is 0 Å². The second-order valence-corrected chi connectivity index (χ2v) is 4.14. The molecular formula is C15H14N2. The van der Waals surface area contributed by atoms with Crippen molar-refractivity contribution in [1.29, 1.82) is 0 Å². The maximum atomic E-state index is 4.47. The molecule has 0 saturated carbocycles. The van der Waals surface area contributed by atoms with Gasteiger partial charge in [-0.15, -0.1) is 0 Å². The number of hydrazone groups is 1. The summed E-state index contributed by atoms with van der Waals surface area (Å²) in [5.41, 5.74) is 2.46. The topological polar surface area (TPSA) is 15.6 Å². The largest absolute Gasteiger partial charge is 0.258 e. The van der Waals surface area contributed by atoms with Crippen LogP contribution in [-0.4, -0.2) is 6.21 Å². The van der Waals surface area contributed by atoms with Crippen molar-refractivity contribution in [2.24, 2.45) is 5.10 Å². The zero-order valence-electron chi connectivity index (χ0n) is 9.53. The van der Waals surface area contributed by atoms with Crippen molar-refractivity contribution in [3.8, 4) is 0 Å². The lowest BCUT2D eigenvalue weighted by molar-refractivity contribution is 0.710. The third kappa shape index (κ3) is 1.94. The quantitative estimate of drug-likeness (QED) is 0.757. The van der Waals surface area contributed by atoms with Crippen LogP contribution in [0.2, 0.25) is 0 Å². The molecule has 2 nitrogen and oxygen atoms in total. The maximum Gasteiger partial charge on any atom is 0.0825 e. The first kappa shape index (κ1) is 10.1. The number of anilines is 1. The van der Waals surface area contributed by atoms with E-state index in [9.17, 15) is 0 Å². The molecule has 3 rings (SSSR count). The molecule has 0 saturated heterocycles. The van der Waals surface area contributed by atoms with E-state index in [0.29, 0.717) is 6.04 Å².